The van der Waals surface area contributed by atoms with Gasteiger partial charge in [0.25, 0.3) is 0 Å². The van der Waals surface area contributed by atoms with E-state index in [2.05, 4.69) is 0 Å². The zero-order valence-electron chi connectivity index (χ0n) is 14.3. The number of hydrogen-bond acceptors (Lipinski definition) is 6. The monoisotopic (exact) mass is 404 g/mol. The molecule has 7 heteroatoms. The molecule has 2 heterocycles. The first kappa shape index (κ1) is 18.3. The fourth-order valence-corrected chi connectivity index (χ4v) is 5.12. The third-order valence-corrected chi connectivity index (χ3v) is 7.24. The molecule has 1 aromatic rings. The molecule has 134 valence electrons. The van der Waals surface area contributed by atoms with Crippen LogP contribution in [0.25, 0.3) is 0 Å². The van der Waals surface area contributed by atoms with E-state index in [1.807, 2.05) is 30.3 Å². The van der Waals surface area contributed by atoms with Crippen molar-refractivity contribution in [2.45, 2.75) is 48.7 Å². The van der Waals surface area contributed by atoms with Crippen LogP contribution in [0.2, 0.25) is 0 Å². The number of rotatable bonds is 4. The van der Waals surface area contributed by atoms with Crippen molar-refractivity contribution in [1.82, 2.24) is 0 Å². The molecule has 6 atom stereocenters. The molecule has 0 spiro atoms. The summed E-state index contributed by atoms with van der Waals surface area (Å²) < 4.78 is 30.2. The van der Waals surface area contributed by atoms with E-state index in [1.54, 1.807) is 21.0 Å². The van der Waals surface area contributed by atoms with Gasteiger partial charge in [0.1, 0.15) is 0 Å². The van der Waals surface area contributed by atoms with Crippen molar-refractivity contribution >= 4 is 19.4 Å². The van der Waals surface area contributed by atoms with Gasteiger partial charge in [0.2, 0.25) is 0 Å². The molecule has 1 N–H and O–H groups in total. The SMILES string of the molecule is CO[C@@]1(C)O[C@@H]2[C@@H](O)[C@H]([Se]c3ccccc3)OC[C@H]2O[C@]1(C)OC. The zero-order valence-corrected chi connectivity index (χ0v) is 16.0. The second-order valence-corrected chi connectivity index (χ2v) is 8.62. The maximum absolute atomic E-state index is 10.8. The van der Waals surface area contributed by atoms with Gasteiger partial charge in [-0.25, -0.2) is 0 Å². The van der Waals surface area contributed by atoms with Crippen molar-refractivity contribution in [3.05, 3.63) is 30.3 Å². The van der Waals surface area contributed by atoms with E-state index >= 15 is 0 Å². The van der Waals surface area contributed by atoms with Gasteiger partial charge >= 0.3 is 148 Å². The molecule has 0 saturated carbocycles. The van der Waals surface area contributed by atoms with Crippen LogP contribution in [0, 0.1) is 0 Å². The summed E-state index contributed by atoms with van der Waals surface area (Å²) in [4.78, 5) is 0. The Bertz CT molecular complexity index is 557. The molecule has 0 unspecified atom stereocenters. The third-order valence-electron chi connectivity index (χ3n) is 4.74. The van der Waals surface area contributed by atoms with Crippen LogP contribution < -0.4 is 4.46 Å². The first-order valence-electron chi connectivity index (χ1n) is 7.90. The molecule has 24 heavy (non-hydrogen) atoms. The molecule has 2 aliphatic heterocycles. The van der Waals surface area contributed by atoms with E-state index < -0.39 is 29.9 Å². The Kier molecular flexibility index (Phi) is 5.35. The van der Waals surface area contributed by atoms with Crippen molar-refractivity contribution in [1.29, 1.82) is 0 Å². The van der Waals surface area contributed by atoms with E-state index in [1.165, 1.54) is 11.6 Å². The summed E-state index contributed by atoms with van der Waals surface area (Å²) in [6.45, 7) is 3.87. The number of methoxy groups -OCH3 is 2. The Morgan fingerprint density at radius 2 is 1.71 bits per heavy atom. The van der Waals surface area contributed by atoms with Crippen LogP contribution in [-0.4, -0.2) is 75.8 Å². The molecular weight excluding hydrogens is 379 g/mol. The maximum atomic E-state index is 10.8. The standard InChI is InChI=1S/C17H24O6Se/c1-16(19-3)17(2,20-4)23-14-12(22-16)10-21-15(13(14)18)24-11-8-6-5-7-9-11/h5-9,12-15,18H,10H2,1-4H3/t12-,13-,14+,15+,16+,17+/m1/s1. The van der Waals surface area contributed by atoms with Gasteiger partial charge in [0, 0.05) is 0 Å². The van der Waals surface area contributed by atoms with Crippen LogP contribution in [0.4, 0.5) is 0 Å². The van der Waals surface area contributed by atoms with E-state index in [0.717, 1.165) is 0 Å². The molecular formula is C17H24O6Se. The fourth-order valence-electron chi connectivity index (χ4n) is 2.97. The number of hydrogen-bond donors (Lipinski definition) is 1. The van der Waals surface area contributed by atoms with Crippen molar-refractivity contribution in [2.75, 3.05) is 20.8 Å². The first-order valence-corrected chi connectivity index (χ1v) is 9.74. The van der Waals surface area contributed by atoms with E-state index in [0.29, 0.717) is 6.61 Å². The van der Waals surface area contributed by atoms with Crippen LogP contribution >= 0.6 is 0 Å². The Balaban J connectivity index is 1.76. The van der Waals surface area contributed by atoms with Crippen LogP contribution in [0.5, 0.6) is 0 Å². The van der Waals surface area contributed by atoms with Crippen LogP contribution in [0.15, 0.2) is 30.3 Å². The Labute approximate surface area is 148 Å². The van der Waals surface area contributed by atoms with Crippen LogP contribution in [0.3, 0.4) is 0 Å². The van der Waals surface area contributed by atoms with Gasteiger partial charge in [-0.2, -0.15) is 0 Å². The molecule has 0 aliphatic carbocycles. The van der Waals surface area contributed by atoms with Crippen LogP contribution in [0.1, 0.15) is 13.8 Å². The summed E-state index contributed by atoms with van der Waals surface area (Å²) in [7, 11) is 3.08. The van der Waals surface area contributed by atoms with Gasteiger partial charge < -0.3 is 0 Å². The average Bonchev–Trinajstić information content (AvgIpc) is 2.60. The molecule has 1 aromatic carbocycles. The van der Waals surface area contributed by atoms with Crippen LogP contribution in [-0.2, 0) is 23.7 Å². The van der Waals surface area contributed by atoms with E-state index in [4.69, 9.17) is 23.7 Å². The second kappa shape index (κ2) is 7.02. The third kappa shape index (κ3) is 3.16. The van der Waals surface area contributed by atoms with Crippen molar-refractivity contribution in [2.24, 2.45) is 0 Å². The molecule has 2 fully saturated rings. The summed E-state index contributed by atoms with van der Waals surface area (Å²) in [5.74, 6) is -2.20. The van der Waals surface area contributed by atoms with Crippen molar-refractivity contribution in [3.8, 4) is 0 Å². The number of benzene rings is 1. The molecule has 0 bridgehead atoms. The number of aliphatic hydroxyl groups excluding tert-OH is 1. The first-order chi connectivity index (χ1) is 11.4. The second-order valence-electron chi connectivity index (χ2n) is 6.16. The molecule has 2 saturated heterocycles. The zero-order chi connectivity index (χ0) is 17.4. The molecule has 2 aliphatic rings. The Morgan fingerprint density at radius 3 is 2.33 bits per heavy atom. The quantitative estimate of drug-likeness (QED) is 0.727. The molecule has 0 radical (unpaired) electrons. The Morgan fingerprint density at radius 1 is 1.08 bits per heavy atom. The molecule has 0 aromatic heterocycles. The Hall–Kier alpha value is -0.501. The summed E-state index contributed by atoms with van der Waals surface area (Å²) >= 11 is -0.0273. The number of aliphatic hydroxyl groups is 1. The predicted molar refractivity (Wildman–Crippen MR) is 88.2 cm³/mol. The van der Waals surface area contributed by atoms with E-state index in [9.17, 15) is 5.11 Å². The fraction of sp³-hybridized carbons (Fsp3) is 0.647. The van der Waals surface area contributed by atoms with Gasteiger partial charge in [0.15, 0.2) is 0 Å². The summed E-state index contributed by atoms with van der Waals surface area (Å²) in [6.07, 6.45) is -1.72. The number of ether oxygens (including phenoxy) is 5. The molecule has 0 amide bonds. The number of fused-ring (bicyclic) bond motifs is 1. The van der Waals surface area contributed by atoms with Crippen molar-refractivity contribution in [3.63, 3.8) is 0 Å². The topological polar surface area (TPSA) is 66.4 Å². The van der Waals surface area contributed by atoms with Crippen molar-refractivity contribution < 1.29 is 28.8 Å². The summed E-state index contributed by atoms with van der Waals surface area (Å²) in [5.41, 5.74) is 0. The van der Waals surface area contributed by atoms with Gasteiger partial charge in [-0.3, -0.25) is 0 Å². The molecule has 6 nitrogen and oxygen atoms in total. The van der Waals surface area contributed by atoms with E-state index in [-0.39, 0.29) is 20.0 Å². The summed E-state index contributed by atoms with van der Waals surface area (Å²) in [5, 5.41) is 10.5. The molecule has 3 rings (SSSR count). The van der Waals surface area contributed by atoms with Gasteiger partial charge in [0.05, 0.1) is 0 Å². The minimum absolute atomic E-state index is 0.0273. The normalized spacial score (nSPS) is 42.5. The van der Waals surface area contributed by atoms with Gasteiger partial charge in [-0.05, 0) is 0 Å². The predicted octanol–water partition coefficient (Wildman–Crippen LogP) is 0.242. The van der Waals surface area contributed by atoms with Gasteiger partial charge in [-0.15, -0.1) is 0 Å². The van der Waals surface area contributed by atoms with Gasteiger partial charge in [-0.1, -0.05) is 0 Å². The minimum atomic E-state index is -1.12. The summed E-state index contributed by atoms with van der Waals surface area (Å²) in [6, 6.07) is 10.0. The average molecular weight is 403 g/mol.